The third kappa shape index (κ3) is 5.79. The van der Waals surface area contributed by atoms with Gasteiger partial charge in [-0.1, -0.05) is 20.8 Å². The van der Waals surface area contributed by atoms with Crippen molar-refractivity contribution >= 4 is 32.9 Å². The molecule has 0 saturated carbocycles. The lowest BCUT2D eigenvalue weighted by Gasteiger charge is -2.49. The van der Waals surface area contributed by atoms with Gasteiger partial charge in [0.15, 0.2) is 5.54 Å². The molecule has 0 bridgehead atoms. The van der Waals surface area contributed by atoms with Gasteiger partial charge in [-0.05, 0) is 104 Å². The van der Waals surface area contributed by atoms with Crippen molar-refractivity contribution in [3.8, 4) is 6.07 Å². The number of benzene rings is 2. The Morgan fingerprint density at radius 3 is 2.39 bits per heavy atom. The smallest absolute Gasteiger partial charge is 0.305 e. The molecule has 8 nitrogen and oxygen atoms in total. The highest BCUT2D eigenvalue weighted by Crippen LogP contribution is 2.48. The molecule has 0 radical (unpaired) electrons. The number of carbonyl (C=O) groups is 1. The van der Waals surface area contributed by atoms with Gasteiger partial charge < -0.3 is 9.64 Å². The van der Waals surface area contributed by atoms with E-state index in [1.54, 1.807) is 0 Å². The predicted octanol–water partition coefficient (Wildman–Crippen LogP) is 5.06. The van der Waals surface area contributed by atoms with E-state index in [0.29, 0.717) is 43.7 Å². The fourth-order valence-corrected chi connectivity index (χ4v) is 8.91. The number of fused-ring (bicyclic) bond motifs is 4. The Morgan fingerprint density at radius 2 is 1.78 bits per heavy atom. The molecule has 0 fully saturated rings. The van der Waals surface area contributed by atoms with E-state index in [2.05, 4.69) is 75.3 Å². The van der Waals surface area contributed by atoms with Gasteiger partial charge in [-0.25, -0.2) is 4.58 Å². The first-order valence-electron chi connectivity index (χ1n) is 16.4. The summed E-state index contributed by atoms with van der Waals surface area (Å²) < 4.78 is 41.6. The fraction of sp³-hybridized carbons (Fsp3) is 0.541. The van der Waals surface area contributed by atoms with Gasteiger partial charge in [0, 0.05) is 49.5 Å². The van der Waals surface area contributed by atoms with Crippen LogP contribution in [0.2, 0.25) is 0 Å². The van der Waals surface area contributed by atoms with Crippen molar-refractivity contribution in [1.29, 1.82) is 5.26 Å². The summed E-state index contributed by atoms with van der Waals surface area (Å²) in [7, 11) is -4.29. The maximum Gasteiger partial charge on any atom is 0.305 e. The monoisotopic (exact) mass is 646 g/mol. The Bertz CT molecular complexity index is 1930. The van der Waals surface area contributed by atoms with Crippen LogP contribution in [0.5, 0.6) is 0 Å². The Hall–Kier alpha value is -3.48. The molecule has 1 unspecified atom stereocenters. The largest absolute Gasteiger partial charge is 0.466 e. The average Bonchev–Trinajstić information content (AvgIpc) is 2.93. The minimum Gasteiger partial charge on any atom is -0.466 e. The maximum absolute atomic E-state index is 12.2. The first-order chi connectivity index (χ1) is 21.4. The van der Waals surface area contributed by atoms with E-state index in [9.17, 15) is 23.0 Å². The Labute approximate surface area is 273 Å². The molecule has 2 heterocycles. The van der Waals surface area contributed by atoms with Gasteiger partial charge in [-0.15, -0.1) is 0 Å². The van der Waals surface area contributed by atoms with Gasteiger partial charge in [0.05, 0.1) is 17.7 Å². The van der Waals surface area contributed by atoms with E-state index < -0.39 is 26.8 Å². The fourth-order valence-electron chi connectivity index (χ4n) is 8.28. The highest BCUT2D eigenvalue weighted by molar-refractivity contribution is 7.86. The van der Waals surface area contributed by atoms with Crippen LogP contribution < -0.4 is 20.1 Å². The third-order valence-electron chi connectivity index (χ3n) is 10.2. The van der Waals surface area contributed by atoms with E-state index in [0.717, 1.165) is 44.9 Å². The molecule has 5 rings (SSSR count). The SMILES string of the molecule is CCOC(=O)CCCN1c2cc3c(cc2C(C)CC1(C)C)C(C#N)=c1cc2c(cc1C3(C)C)=[N+](CC)C(C)(C)C=C2CS(=O)(=O)O. The second-order valence-corrected chi connectivity index (χ2v) is 16.2. The number of anilines is 1. The lowest BCUT2D eigenvalue weighted by atomic mass is 9.67. The number of hydrogen-bond donors (Lipinski definition) is 1. The third-order valence-corrected chi connectivity index (χ3v) is 10.9. The number of hydrogen-bond acceptors (Lipinski definition) is 6. The number of likely N-dealkylation sites (N-methyl/N-ethyl adjacent to an activating group) is 1. The molecule has 0 spiro atoms. The zero-order valence-corrected chi connectivity index (χ0v) is 29.6. The Kier molecular flexibility index (Phi) is 8.57. The van der Waals surface area contributed by atoms with Crippen molar-refractivity contribution in [3.63, 3.8) is 0 Å². The van der Waals surface area contributed by atoms with E-state index in [4.69, 9.17) is 4.74 Å². The predicted molar refractivity (Wildman–Crippen MR) is 183 cm³/mol. The van der Waals surface area contributed by atoms with Gasteiger partial charge in [0.2, 0.25) is 5.36 Å². The lowest BCUT2D eigenvalue weighted by molar-refractivity contribution is -0.143. The molecule has 1 atom stereocenters. The summed E-state index contributed by atoms with van der Waals surface area (Å²) in [6, 6.07) is 11.1. The average molecular weight is 647 g/mol. The Morgan fingerprint density at radius 1 is 1.09 bits per heavy atom. The summed E-state index contributed by atoms with van der Waals surface area (Å²) in [5.74, 6) is -0.409. The zero-order chi connectivity index (χ0) is 34.0. The molecular formula is C37H48N3O5S+. The van der Waals surface area contributed by atoms with Crippen LogP contribution in [0.1, 0.15) is 115 Å². The molecule has 1 aliphatic carbocycles. The summed E-state index contributed by atoms with van der Waals surface area (Å²) in [6.07, 6.45) is 3.90. The molecule has 2 aromatic carbocycles. The summed E-state index contributed by atoms with van der Waals surface area (Å²) in [5, 5.41) is 12.4. The quantitative estimate of drug-likeness (QED) is 0.243. The standard InChI is InChI=1S/C37H47N3O5S/c1-10-39-33-18-31-28(16-26(33)24(20-36(39,6)7)22-46(42,43)44)29(21-38)27-15-25-23(3)19-35(4,5)40(14-12-13-34(41)45-11-2)32(25)17-30(27)37(31,8)9/h15-18,20,23H,10-14,19,22H2,1-9H3/p+1. The molecule has 2 aromatic rings. The lowest BCUT2D eigenvalue weighted by Crippen LogP contribution is -2.51. The molecule has 246 valence electrons. The van der Waals surface area contributed by atoms with E-state index in [1.807, 2.05) is 32.9 Å². The molecule has 1 N–H and O–H groups in total. The van der Waals surface area contributed by atoms with Crippen LogP contribution >= 0.6 is 0 Å². The van der Waals surface area contributed by atoms with Crippen LogP contribution in [0.3, 0.4) is 0 Å². The van der Waals surface area contributed by atoms with Crippen molar-refractivity contribution in [2.75, 3.05) is 30.3 Å². The minimum atomic E-state index is -4.29. The van der Waals surface area contributed by atoms with Crippen molar-refractivity contribution in [2.24, 2.45) is 0 Å². The summed E-state index contributed by atoms with van der Waals surface area (Å²) in [5.41, 5.74) is 6.05. The van der Waals surface area contributed by atoms with Crippen LogP contribution in [-0.2, 0) is 25.1 Å². The molecule has 46 heavy (non-hydrogen) atoms. The number of rotatable bonds is 8. The Balaban J connectivity index is 1.77. The van der Waals surface area contributed by atoms with E-state index >= 15 is 0 Å². The molecule has 3 aliphatic rings. The van der Waals surface area contributed by atoms with Gasteiger partial charge in [0.1, 0.15) is 18.4 Å². The van der Waals surface area contributed by atoms with E-state index in [1.165, 1.54) is 5.56 Å². The van der Waals surface area contributed by atoms with Crippen LogP contribution in [-0.4, -0.2) is 55.5 Å². The number of nitriles is 1. The second kappa shape index (κ2) is 11.6. The van der Waals surface area contributed by atoms with Crippen molar-refractivity contribution in [1.82, 2.24) is 4.58 Å². The number of esters is 1. The molecular weight excluding hydrogens is 598 g/mol. The topological polar surface area (TPSA) is 111 Å². The molecule has 0 aromatic heterocycles. The van der Waals surface area contributed by atoms with Crippen LogP contribution in [0.15, 0.2) is 30.3 Å². The highest BCUT2D eigenvalue weighted by atomic mass is 32.2. The van der Waals surface area contributed by atoms with Crippen molar-refractivity contribution in [3.05, 3.63) is 68.7 Å². The van der Waals surface area contributed by atoms with Gasteiger partial charge in [-0.3, -0.25) is 9.35 Å². The van der Waals surface area contributed by atoms with Crippen LogP contribution in [0.4, 0.5) is 5.69 Å². The first-order valence-corrected chi connectivity index (χ1v) is 18.0. The van der Waals surface area contributed by atoms with E-state index in [-0.39, 0.29) is 17.4 Å². The minimum absolute atomic E-state index is 0.129. The molecule has 2 aliphatic heterocycles. The van der Waals surface area contributed by atoms with Crippen LogP contribution in [0.25, 0.3) is 11.1 Å². The highest BCUT2D eigenvalue weighted by Gasteiger charge is 2.42. The summed E-state index contributed by atoms with van der Waals surface area (Å²) in [4.78, 5) is 14.6. The zero-order valence-electron chi connectivity index (χ0n) is 28.7. The van der Waals surface area contributed by atoms with Gasteiger partial charge >= 0.3 is 5.97 Å². The van der Waals surface area contributed by atoms with Crippen LogP contribution in [0, 0.1) is 11.3 Å². The number of ether oxygens (including phenoxy) is 1. The van der Waals surface area contributed by atoms with Crippen molar-refractivity contribution < 1.29 is 22.5 Å². The van der Waals surface area contributed by atoms with Crippen molar-refractivity contribution in [2.45, 2.75) is 104 Å². The number of carbonyl (C=O) groups excluding carboxylic acids is 1. The normalized spacial score (nSPS) is 20.5. The van der Waals surface area contributed by atoms with Gasteiger partial charge in [-0.2, -0.15) is 13.7 Å². The maximum atomic E-state index is 12.2. The number of nitrogens with zero attached hydrogens (tertiary/aromatic N) is 3. The first kappa shape index (κ1) is 33.9. The van der Waals surface area contributed by atoms with Gasteiger partial charge in [0.25, 0.3) is 10.1 Å². The molecule has 9 heteroatoms. The summed E-state index contributed by atoms with van der Waals surface area (Å²) >= 11 is 0. The second-order valence-electron chi connectivity index (χ2n) is 14.8. The summed E-state index contributed by atoms with van der Waals surface area (Å²) in [6.45, 7) is 20.9. The molecule has 0 amide bonds. The molecule has 0 saturated heterocycles.